The molecule has 1 unspecified atom stereocenters. The van der Waals surface area contributed by atoms with Gasteiger partial charge in [0.05, 0.1) is 7.11 Å². The Labute approximate surface area is 119 Å². The van der Waals surface area contributed by atoms with Gasteiger partial charge >= 0.3 is 0 Å². The summed E-state index contributed by atoms with van der Waals surface area (Å²) >= 11 is 1.99. The maximum Gasteiger partial charge on any atom is 0.161 e. The highest BCUT2D eigenvalue weighted by molar-refractivity contribution is 7.99. The van der Waals surface area contributed by atoms with Crippen LogP contribution < -0.4 is 9.47 Å². The Morgan fingerprint density at radius 2 is 2.05 bits per heavy atom. The molecule has 2 rings (SSSR count). The first-order valence-electron chi connectivity index (χ1n) is 6.77. The third-order valence-corrected chi connectivity index (χ3v) is 4.54. The van der Waals surface area contributed by atoms with Crippen molar-refractivity contribution >= 4 is 11.8 Å². The average molecular weight is 282 g/mol. The fourth-order valence-corrected chi connectivity index (χ4v) is 3.23. The molecule has 1 aliphatic heterocycles. The summed E-state index contributed by atoms with van der Waals surface area (Å²) in [6.07, 6.45) is 2.50. The second-order valence-corrected chi connectivity index (χ2v) is 6.15. The first-order chi connectivity index (χ1) is 9.24. The van der Waals surface area contributed by atoms with E-state index in [9.17, 15) is 5.11 Å². The van der Waals surface area contributed by atoms with Crippen molar-refractivity contribution in [3.63, 3.8) is 0 Å². The normalized spacial score (nSPS) is 18.1. The van der Waals surface area contributed by atoms with E-state index in [1.165, 1.54) is 11.5 Å². The van der Waals surface area contributed by atoms with E-state index in [0.717, 1.165) is 29.9 Å². The van der Waals surface area contributed by atoms with Gasteiger partial charge in [-0.25, -0.2) is 0 Å². The molecule has 1 aliphatic rings. The second kappa shape index (κ2) is 7.06. The lowest BCUT2D eigenvalue weighted by atomic mass is 10.0. The molecule has 0 radical (unpaired) electrons. The van der Waals surface area contributed by atoms with Crippen LogP contribution in [0.25, 0.3) is 0 Å². The average Bonchev–Trinajstić information content (AvgIpc) is 2.48. The summed E-state index contributed by atoms with van der Waals surface area (Å²) in [5.74, 6) is 4.04. The van der Waals surface area contributed by atoms with Crippen LogP contribution in [0.4, 0.5) is 0 Å². The van der Waals surface area contributed by atoms with Gasteiger partial charge in [0.2, 0.25) is 0 Å². The number of methoxy groups -OCH3 is 1. The molecule has 0 amide bonds. The number of rotatable bonds is 5. The lowest BCUT2D eigenvalue weighted by molar-refractivity contribution is 0.184. The number of hydrogen-bond donors (Lipinski definition) is 1. The van der Waals surface area contributed by atoms with Crippen LogP contribution >= 0.6 is 11.8 Å². The summed E-state index contributed by atoms with van der Waals surface area (Å²) in [6, 6.07) is 5.94. The molecule has 1 N–H and O–H groups in total. The van der Waals surface area contributed by atoms with Gasteiger partial charge in [0, 0.05) is 12.5 Å². The number of thioether (sulfide) groups is 1. The molecule has 1 heterocycles. The summed E-state index contributed by atoms with van der Waals surface area (Å²) in [5.41, 5.74) is 1.07. The predicted octanol–water partition coefficient (Wildman–Crippen LogP) is 3.07. The molecule has 1 atom stereocenters. The van der Waals surface area contributed by atoms with Crippen molar-refractivity contribution in [1.82, 2.24) is 0 Å². The van der Waals surface area contributed by atoms with Gasteiger partial charge < -0.3 is 14.6 Å². The van der Waals surface area contributed by atoms with Crippen LogP contribution in [-0.4, -0.2) is 36.4 Å². The van der Waals surface area contributed by atoms with Gasteiger partial charge in [0.25, 0.3) is 0 Å². The SMILES string of the molecule is COc1cc(C(C)CO)ccc1OC1CCSCC1. The van der Waals surface area contributed by atoms with Crippen LogP contribution in [0, 0.1) is 0 Å². The highest BCUT2D eigenvalue weighted by Gasteiger charge is 2.18. The maximum absolute atomic E-state index is 9.21. The minimum atomic E-state index is 0.119. The van der Waals surface area contributed by atoms with E-state index in [-0.39, 0.29) is 12.5 Å². The zero-order valence-electron chi connectivity index (χ0n) is 11.6. The molecule has 1 saturated heterocycles. The molecule has 1 aromatic carbocycles. The molecular weight excluding hydrogens is 260 g/mol. The van der Waals surface area contributed by atoms with Gasteiger partial charge in [0.15, 0.2) is 11.5 Å². The highest BCUT2D eigenvalue weighted by Crippen LogP contribution is 2.33. The van der Waals surface area contributed by atoms with Gasteiger partial charge in [-0.3, -0.25) is 0 Å². The van der Waals surface area contributed by atoms with Gasteiger partial charge in [0.1, 0.15) is 6.10 Å². The Morgan fingerprint density at radius 3 is 2.68 bits per heavy atom. The van der Waals surface area contributed by atoms with E-state index < -0.39 is 0 Å². The Kier molecular flexibility index (Phi) is 5.40. The van der Waals surface area contributed by atoms with Gasteiger partial charge in [-0.2, -0.15) is 11.8 Å². The second-order valence-electron chi connectivity index (χ2n) is 4.92. The van der Waals surface area contributed by atoms with Crippen LogP contribution in [0.2, 0.25) is 0 Å². The summed E-state index contributed by atoms with van der Waals surface area (Å²) in [4.78, 5) is 0. The molecule has 4 heteroatoms. The standard InChI is InChI=1S/C15H22O3S/c1-11(10-16)12-3-4-14(15(9-12)17-2)18-13-5-7-19-8-6-13/h3-4,9,11,13,16H,5-8,10H2,1-2H3. The van der Waals surface area contributed by atoms with Crippen LogP contribution in [0.3, 0.4) is 0 Å². The minimum Gasteiger partial charge on any atom is -0.493 e. The Bertz CT molecular complexity index is 402. The fourth-order valence-electron chi connectivity index (χ4n) is 2.17. The van der Waals surface area contributed by atoms with Crippen LogP contribution in [0.15, 0.2) is 18.2 Å². The monoisotopic (exact) mass is 282 g/mol. The van der Waals surface area contributed by atoms with Crippen molar-refractivity contribution in [3.8, 4) is 11.5 Å². The quantitative estimate of drug-likeness (QED) is 0.901. The molecule has 1 fully saturated rings. The van der Waals surface area contributed by atoms with Crippen LogP contribution in [0.1, 0.15) is 31.2 Å². The Morgan fingerprint density at radius 1 is 1.32 bits per heavy atom. The van der Waals surface area contributed by atoms with E-state index in [4.69, 9.17) is 9.47 Å². The molecule has 0 aliphatic carbocycles. The summed E-state index contributed by atoms with van der Waals surface area (Å²) in [5, 5.41) is 9.21. The molecule has 3 nitrogen and oxygen atoms in total. The van der Waals surface area contributed by atoms with Gasteiger partial charge in [-0.05, 0) is 42.0 Å². The number of aliphatic hydroxyl groups excluding tert-OH is 1. The number of aliphatic hydroxyl groups is 1. The van der Waals surface area contributed by atoms with Crippen LogP contribution in [0.5, 0.6) is 11.5 Å². The largest absolute Gasteiger partial charge is 0.493 e. The Balaban J connectivity index is 2.11. The van der Waals surface area contributed by atoms with Crippen molar-refractivity contribution in [3.05, 3.63) is 23.8 Å². The first-order valence-corrected chi connectivity index (χ1v) is 7.93. The topological polar surface area (TPSA) is 38.7 Å². The highest BCUT2D eigenvalue weighted by atomic mass is 32.2. The number of ether oxygens (including phenoxy) is 2. The molecule has 106 valence electrons. The van der Waals surface area contributed by atoms with E-state index in [1.807, 2.05) is 36.9 Å². The smallest absolute Gasteiger partial charge is 0.161 e. The van der Waals surface area contributed by atoms with E-state index in [2.05, 4.69) is 0 Å². The third kappa shape index (κ3) is 3.80. The minimum absolute atomic E-state index is 0.119. The maximum atomic E-state index is 9.21. The van der Waals surface area contributed by atoms with Crippen molar-refractivity contribution < 1.29 is 14.6 Å². The zero-order chi connectivity index (χ0) is 13.7. The van der Waals surface area contributed by atoms with E-state index in [0.29, 0.717) is 6.10 Å². The molecule has 1 aromatic rings. The predicted molar refractivity (Wildman–Crippen MR) is 79.5 cm³/mol. The zero-order valence-corrected chi connectivity index (χ0v) is 12.4. The summed E-state index contributed by atoms with van der Waals surface area (Å²) in [6.45, 7) is 2.14. The molecule has 0 aromatic heterocycles. The van der Waals surface area contributed by atoms with Crippen molar-refractivity contribution in [2.45, 2.75) is 31.8 Å². The van der Waals surface area contributed by atoms with Crippen molar-refractivity contribution in [1.29, 1.82) is 0 Å². The van der Waals surface area contributed by atoms with E-state index in [1.54, 1.807) is 7.11 Å². The Hall–Kier alpha value is -0.870. The molecule has 0 spiro atoms. The molecular formula is C15H22O3S. The number of benzene rings is 1. The first kappa shape index (κ1) is 14.5. The molecule has 0 saturated carbocycles. The van der Waals surface area contributed by atoms with E-state index >= 15 is 0 Å². The lowest BCUT2D eigenvalue weighted by Crippen LogP contribution is -2.22. The van der Waals surface area contributed by atoms with Crippen molar-refractivity contribution in [2.75, 3.05) is 25.2 Å². The molecule has 0 bridgehead atoms. The molecule has 19 heavy (non-hydrogen) atoms. The fraction of sp³-hybridized carbons (Fsp3) is 0.600. The lowest BCUT2D eigenvalue weighted by Gasteiger charge is -2.24. The third-order valence-electron chi connectivity index (χ3n) is 3.49. The van der Waals surface area contributed by atoms with Gasteiger partial charge in [-0.1, -0.05) is 13.0 Å². The van der Waals surface area contributed by atoms with Crippen molar-refractivity contribution in [2.24, 2.45) is 0 Å². The summed E-state index contributed by atoms with van der Waals surface area (Å²) < 4.78 is 11.5. The van der Waals surface area contributed by atoms with Crippen LogP contribution in [-0.2, 0) is 0 Å². The number of hydrogen-bond acceptors (Lipinski definition) is 4. The summed E-state index contributed by atoms with van der Waals surface area (Å²) in [7, 11) is 1.66. The van der Waals surface area contributed by atoms with Gasteiger partial charge in [-0.15, -0.1) is 0 Å².